The molecule has 3 rings (SSSR count). The SMILES string of the molecule is CN=C(NCCc1ccc(F)cc1)NCc1ccnc(N2CCCC2)c1. The van der Waals surface area contributed by atoms with Gasteiger partial charge in [0.05, 0.1) is 0 Å². The Morgan fingerprint density at radius 3 is 2.62 bits per heavy atom. The number of nitrogens with one attached hydrogen (secondary N) is 2. The van der Waals surface area contributed by atoms with Crippen molar-refractivity contribution in [1.82, 2.24) is 15.6 Å². The summed E-state index contributed by atoms with van der Waals surface area (Å²) in [5, 5.41) is 6.62. The van der Waals surface area contributed by atoms with E-state index < -0.39 is 0 Å². The van der Waals surface area contributed by atoms with Gasteiger partial charge in [0, 0.05) is 39.4 Å². The number of hydrogen-bond acceptors (Lipinski definition) is 3. The van der Waals surface area contributed by atoms with Crippen molar-refractivity contribution in [3.05, 3.63) is 59.5 Å². The van der Waals surface area contributed by atoms with Crippen LogP contribution in [-0.2, 0) is 13.0 Å². The number of halogens is 1. The van der Waals surface area contributed by atoms with E-state index in [2.05, 4.69) is 31.6 Å². The first-order chi connectivity index (χ1) is 12.7. The van der Waals surface area contributed by atoms with Gasteiger partial charge in [-0.1, -0.05) is 12.1 Å². The number of rotatable bonds is 6. The van der Waals surface area contributed by atoms with Gasteiger partial charge < -0.3 is 15.5 Å². The first-order valence-corrected chi connectivity index (χ1v) is 9.13. The van der Waals surface area contributed by atoms with E-state index in [0.717, 1.165) is 43.4 Å². The maximum atomic E-state index is 12.9. The number of aromatic nitrogens is 1. The van der Waals surface area contributed by atoms with Gasteiger partial charge in [0.25, 0.3) is 0 Å². The molecule has 0 saturated carbocycles. The third-order valence-electron chi connectivity index (χ3n) is 4.54. The van der Waals surface area contributed by atoms with Gasteiger partial charge in [0.15, 0.2) is 5.96 Å². The maximum absolute atomic E-state index is 12.9. The van der Waals surface area contributed by atoms with Crippen molar-refractivity contribution in [2.24, 2.45) is 4.99 Å². The predicted molar refractivity (Wildman–Crippen MR) is 104 cm³/mol. The minimum atomic E-state index is -0.204. The smallest absolute Gasteiger partial charge is 0.191 e. The second kappa shape index (κ2) is 9.17. The van der Waals surface area contributed by atoms with Gasteiger partial charge in [0.2, 0.25) is 0 Å². The number of nitrogens with zero attached hydrogens (tertiary/aromatic N) is 3. The fourth-order valence-electron chi connectivity index (χ4n) is 3.07. The van der Waals surface area contributed by atoms with Crippen molar-refractivity contribution in [1.29, 1.82) is 0 Å². The van der Waals surface area contributed by atoms with Gasteiger partial charge in [0.1, 0.15) is 11.6 Å². The molecular weight excluding hydrogens is 329 g/mol. The van der Waals surface area contributed by atoms with Gasteiger partial charge in [-0.25, -0.2) is 9.37 Å². The van der Waals surface area contributed by atoms with Crippen molar-refractivity contribution in [3.8, 4) is 0 Å². The molecule has 1 aromatic carbocycles. The highest BCUT2D eigenvalue weighted by atomic mass is 19.1. The van der Waals surface area contributed by atoms with E-state index >= 15 is 0 Å². The van der Waals surface area contributed by atoms with E-state index in [9.17, 15) is 4.39 Å². The molecule has 5 nitrogen and oxygen atoms in total. The average molecular weight is 355 g/mol. The summed E-state index contributed by atoms with van der Waals surface area (Å²) in [5.41, 5.74) is 2.28. The van der Waals surface area contributed by atoms with E-state index in [1.807, 2.05) is 24.4 Å². The Labute approximate surface area is 154 Å². The van der Waals surface area contributed by atoms with E-state index in [0.29, 0.717) is 6.54 Å². The zero-order valence-electron chi connectivity index (χ0n) is 15.2. The number of benzene rings is 1. The molecule has 2 N–H and O–H groups in total. The molecule has 1 fully saturated rings. The lowest BCUT2D eigenvalue weighted by Crippen LogP contribution is -2.37. The summed E-state index contributed by atoms with van der Waals surface area (Å²) in [5.74, 6) is 1.61. The molecule has 1 aliphatic heterocycles. The maximum Gasteiger partial charge on any atom is 0.191 e. The Morgan fingerprint density at radius 1 is 1.12 bits per heavy atom. The van der Waals surface area contributed by atoms with Crippen LogP contribution in [0.15, 0.2) is 47.6 Å². The molecule has 26 heavy (non-hydrogen) atoms. The highest BCUT2D eigenvalue weighted by Gasteiger charge is 2.13. The molecule has 0 spiro atoms. The van der Waals surface area contributed by atoms with Crippen LogP contribution in [-0.4, -0.2) is 37.6 Å². The van der Waals surface area contributed by atoms with E-state index in [1.54, 1.807) is 7.05 Å². The molecule has 2 aromatic rings. The molecule has 138 valence electrons. The molecule has 0 radical (unpaired) electrons. The highest BCUT2D eigenvalue weighted by molar-refractivity contribution is 5.79. The van der Waals surface area contributed by atoms with Crippen molar-refractivity contribution < 1.29 is 4.39 Å². The summed E-state index contributed by atoms with van der Waals surface area (Å²) in [4.78, 5) is 11.1. The van der Waals surface area contributed by atoms with Gasteiger partial charge in [-0.05, 0) is 54.7 Å². The molecule has 1 saturated heterocycles. The number of hydrogen-bond donors (Lipinski definition) is 2. The lowest BCUT2D eigenvalue weighted by Gasteiger charge is -2.17. The highest BCUT2D eigenvalue weighted by Crippen LogP contribution is 2.18. The van der Waals surface area contributed by atoms with Gasteiger partial charge in [-0.3, -0.25) is 4.99 Å². The van der Waals surface area contributed by atoms with Crippen LogP contribution in [0.25, 0.3) is 0 Å². The van der Waals surface area contributed by atoms with Crippen LogP contribution in [0.4, 0.5) is 10.2 Å². The van der Waals surface area contributed by atoms with Crippen LogP contribution in [0.1, 0.15) is 24.0 Å². The lowest BCUT2D eigenvalue weighted by atomic mass is 10.1. The molecule has 0 bridgehead atoms. The number of aliphatic imine (C=N–C) groups is 1. The molecule has 2 heterocycles. The van der Waals surface area contributed by atoms with E-state index in [1.165, 1.54) is 30.5 Å². The number of pyridine rings is 1. The summed E-state index contributed by atoms with van der Waals surface area (Å²) in [6, 6.07) is 10.8. The fraction of sp³-hybridized carbons (Fsp3) is 0.400. The van der Waals surface area contributed by atoms with Crippen molar-refractivity contribution in [2.75, 3.05) is 31.6 Å². The monoisotopic (exact) mass is 355 g/mol. The van der Waals surface area contributed by atoms with Crippen LogP contribution in [0, 0.1) is 5.82 Å². The molecule has 0 amide bonds. The largest absolute Gasteiger partial charge is 0.357 e. The predicted octanol–water partition coefficient (Wildman–Crippen LogP) is 2.73. The summed E-state index contributed by atoms with van der Waals surface area (Å²) in [7, 11) is 1.76. The summed E-state index contributed by atoms with van der Waals surface area (Å²) in [6.45, 7) is 3.62. The minimum Gasteiger partial charge on any atom is -0.357 e. The number of anilines is 1. The molecule has 0 aliphatic carbocycles. The molecule has 0 atom stereocenters. The molecular formula is C20H26FN5. The van der Waals surface area contributed by atoms with Gasteiger partial charge in [-0.15, -0.1) is 0 Å². The molecule has 1 aromatic heterocycles. The number of guanidine groups is 1. The zero-order valence-corrected chi connectivity index (χ0v) is 15.2. The van der Waals surface area contributed by atoms with Gasteiger partial charge in [-0.2, -0.15) is 0 Å². The van der Waals surface area contributed by atoms with Crippen LogP contribution in [0.5, 0.6) is 0 Å². The standard InChI is InChI=1S/C20H26FN5/c1-22-20(24-11-8-16-4-6-18(21)7-5-16)25-15-17-9-10-23-19(14-17)26-12-2-3-13-26/h4-7,9-10,14H,2-3,8,11-13,15H2,1H3,(H2,22,24,25). The average Bonchev–Trinajstić information content (AvgIpc) is 3.21. The van der Waals surface area contributed by atoms with E-state index in [4.69, 9.17) is 0 Å². The molecule has 1 aliphatic rings. The van der Waals surface area contributed by atoms with Crippen LogP contribution < -0.4 is 15.5 Å². The first kappa shape index (κ1) is 18.2. The lowest BCUT2D eigenvalue weighted by molar-refractivity contribution is 0.626. The minimum absolute atomic E-state index is 0.204. The Hall–Kier alpha value is -2.63. The summed E-state index contributed by atoms with van der Waals surface area (Å²) < 4.78 is 12.9. The fourth-order valence-corrected chi connectivity index (χ4v) is 3.07. The van der Waals surface area contributed by atoms with Crippen molar-refractivity contribution in [2.45, 2.75) is 25.8 Å². The summed E-state index contributed by atoms with van der Waals surface area (Å²) >= 11 is 0. The Morgan fingerprint density at radius 2 is 1.88 bits per heavy atom. The Balaban J connectivity index is 1.46. The normalized spacial score (nSPS) is 14.5. The van der Waals surface area contributed by atoms with Crippen molar-refractivity contribution in [3.63, 3.8) is 0 Å². The zero-order chi connectivity index (χ0) is 18.2. The van der Waals surface area contributed by atoms with Crippen LogP contribution in [0.3, 0.4) is 0 Å². The second-order valence-corrected chi connectivity index (χ2v) is 6.45. The topological polar surface area (TPSA) is 52.6 Å². The van der Waals surface area contributed by atoms with Crippen LogP contribution in [0.2, 0.25) is 0 Å². The van der Waals surface area contributed by atoms with E-state index in [-0.39, 0.29) is 5.82 Å². The summed E-state index contributed by atoms with van der Waals surface area (Å²) in [6.07, 6.45) is 5.17. The van der Waals surface area contributed by atoms with Crippen LogP contribution >= 0.6 is 0 Å². The first-order valence-electron chi connectivity index (χ1n) is 9.13. The van der Waals surface area contributed by atoms with Crippen molar-refractivity contribution >= 4 is 11.8 Å². The third kappa shape index (κ3) is 5.18. The second-order valence-electron chi connectivity index (χ2n) is 6.45. The quantitative estimate of drug-likeness (QED) is 0.618. The Bertz CT molecular complexity index is 723. The molecule has 6 heteroatoms. The third-order valence-corrected chi connectivity index (χ3v) is 4.54. The van der Waals surface area contributed by atoms with Gasteiger partial charge >= 0.3 is 0 Å². The Kier molecular flexibility index (Phi) is 6.41. The molecule has 0 unspecified atom stereocenters.